The Hall–Kier alpha value is -2.67. The van der Waals surface area contributed by atoms with E-state index in [-0.39, 0.29) is 17.7 Å². The molecule has 0 radical (unpaired) electrons. The van der Waals surface area contributed by atoms with Gasteiger partial charge < -0.3 is 4.74 Å². The molecular formula is C15H10FNO2. The molecule has 0 saturated carbocycles. The lowest BCUT2D eigenvalue weighted by Gasteiger charge is -2.05. The van der Waals surface area contributed by atoms with E-state index in [1.165, 1.54) is 6.07 Å². The van der Waals surface area contributed by atoms with Gasteiger partial charge in [0.25, 0.3) is 0 Å². The summed E-state index contributed by atoms with van der Waals surface area (Å²) in [5, 5.41) is 8.71. The van der Waals surface area contributed by atoms with Crippen molar-refractivity contribution < 1.29 is 13.9 Å². The number of hydrogen-bond donors (Lipinski definition) is 0. The Balaban J connectivity index is 2.08. The molecule has 4 heteroatoms. The third-order valence-electron chi connectivity index (χ3n) is 2.48. The van der Waals surface area contributed by atoms with Crippen LogP contribution in [0.15, 0.2) is 48.5 Å². The first-order valence-electron chi connectivity index (χ1n) is 5.61. The Morgan fingerprint density at radius 2 is 1.95 bits per heavy atom. The first-order valence-corrected chi connectivity index (χ1v) is 5.61. The lowest BCUT2D eigenvalue weighted by molar-refractivity contribution is 0.0472. The highest BCUT2D eigenvalue weighted by Crippen LogP contribution is 2.11. The van der Waals surface area contributed by atoms with E-state index < -0.39 is 11.8 Å². The van der Waals surface area contributed by atoms with Gasteiger partial charge in [-0.2, -0.15) is 5.26 Å². The molecule has 0 heterocycles. The van der Waals surface area contributed by atoms with Crippen LogP contribution in [0.5, 0.6) is 0 Å². The lowest BCUT2D eigenvalue weighted by Crippen LogP contribution is -2.06. The van der Waals surface area contributed by atoms with Crippen LogP contribution in [0.4, 0.5) is 4.39 Å². The number of carbonyl (C=O) groups is 1. The third kappa shape index (κ3) is 3.39. The van der Waals surface area contributed by atoms with Gasteiger partial charge in [-0.25, -0.2) is 9.18 Å². The Morgan fingerprint density at radius 3 is 2.63 bits per heavy atom. The van der Waals surface area contributed by atoms with Crippen LogP contribution < -0.4 is 0 Å². The Bertz CT molecular complexity index is 632. The fourth-order valence-corrected chi connectivity index (χ4v) is 1.58. The second-order valence-electron chi connectivity index (χ2n) is 3.90. The van der Waals surface area contributed by atoms with Crippen molar-refractivity contribution in [3.8, 4) is 6.07 Å². The van der Waals surface area contributed by atoms with Gasteiger partial charge in [0.15, 0.2) is 0 Å². The van der Waals surface area contributed by atoms with Crippen LogP contribution in [0.3, 0.4) is 0 Å². The van der Waals surface area contributed by atoms with Crippen molar-refractivity contribution >= 4 is 5.97 Å². The normalized spacial score (nSPS) is 9.68. The number of nitrogens with zero attached hydrogens (tertiary/aromatic N) is 1. The zero-order valence-electron chi connectivity index (χ0n) is 9.97. The van der Waals surface area contributed by atoms with Crippen molar-refractivity contribution in [3.05, 3.63) is 71.0 Å². The number of benzene rings is 2. The molecule has 0 saturated heterocycles. The van der Waals surface area contributed by atoms with Gasteiger partial charge in [0.2, 0.25) is 0 Å². The van der Waals surface area contributed by atoms with Crippen molar-refractivity contribution in [3.63, 3.8) is 0 Å². The molecule has 19 heavy (non-hydrogen) atoms. The summed E-state index contributed by atoms with van der Waals surface area (Å²) in [5.41, 5.74) is 0.965. The third-order valence-corrected chi connectivity index (χ3v) is 2.48. The zero-order valence-corrected chi connectivity index (χ0v) is 9.97. The lowest BCUT2D eigenvalue weighted by atomic mass is 10.1. The van der Waals surface area contributed by atoms with E-state index >= 15 is 0 Å². The monoisotopic (exact) mass is 255 g/mol. The number of nitriles is 1. The van der Waals surface area contributed by atoms with E-state index in [9.17, 15) is 9.18 Å². The molecule has 0 spiro atoms. The summed E-state index contributed by atoms with van der Waals surface area (Å²) in [4.78, 5) is 11.7. The fraction of sp³-hybridized carbons (Fsp3) is 0.0667. The summed E-state index contributed by atoms with van der Waals surface area (Å²) in [7, 11) is 0. The maximum atomic E-state index is 13.2. The molecule has 2 aromatic carbocycles. The van der Waals surface area contributed by atoms with Gasteiger partial charge in [-0.15, -0.1) is 0 Å². The molecule has 2 rings (SSSR count). The number of carbonyl (C=O) groups excluding carboxylic acids is 1. The van der Waals surface area contributed by atoms with Crippen molar-refractivity contribution in [1.82, 2.24) is 0 Å². The molecule has 0 aliphatic carbocycles. The predicted molar refractivity (Wildman–Crippen MR) is 66.7 cm³/mol. The van der Waals surface area contributed by atoms with Gasteiger partial charge in [0.1, 0.15) is 12.4 Å². The molecule has 0 unspecified atom stereocenters. The Labute approximate surface area is 109 Å². The predicted octanol–water partition coefficient (Wildman–Crippen LogP) is 3.05. The topological polar surface area (TPSA) is 50.1 Å². The number of esters is 1. The molecule has 0 aromatic heterocycles. The van der Waals surface area contributed by atoms with Crippen molar-refractivity contribution in [1.29, 1.82) is 5.26 Å². The van der Waals surface area contributed by atoms with Gasteiger partial charge in [0, 0.05) is 0 Å². The minimum atomic E-state index is -0.653. The van der Waals surface area contributed by atoms with Crippen LogP contribution in [0, 0.1) is 17.1 Å². The van der Waals surface area contributed by atoms with E-state index in [4.69, 9.17) is 10.00 Å². The standard InChI is InChI=1S/C15H10FNO2/c16-14-7-12(9-17)6-13(8-14)15(18)19-10-11-4-2-1-3-5-11/h1-8H,10H2. The second-order valence-corrected chi connectivity index (χ2v) is 3.90. The van der Waals surface area contributed by atoms with Crippen LogP contribution in [-0.2, 0) is 11.3 Å². The highest BCUT2D eigenvalue weighted by Gasteiger charge is 2.10. The molecule has 0 fully saturated rings. The number of rotatable bonds is 3. The molecule has 0 aliphatic rings. The van der Waals surface area contributed by atoms with Gasteiger partial charge in [-0.1, -0.05) is 30.3 Å². The van der Waals surface area contributed by atoms with Crippen LogP contribution >= 0.6 is 0 Å². The summed E-state index contributed by atoms with van der Waals surface area (Å²) >= 11 is 0. The first kappa shape index (κ1) is 12.8. The highest BCUT2D eigenvalue weighted by molar-refractivity contribution is 5.89. The average molecular weight is 255 g/mol. The minimum absolute atomic E-state index is 0.0347. The molecule has 2 aromatic rings. The Morgan fingerprint density at radius 1 is 1.21 bits per heavy atom. The van der Waals surface area contributed by atoms with Gasteiger partial charge in [0.05, 0.1) is 17.2 Å². The van der Waals surface area contributed by atoms with E-state index in [1.807, 2.05) is 30.3 Å². The van der Waals surface area contributed by atoms with E-state index in [0.717, 1.165) is 17.7 Å². The molecule has 0 N–H and O–H groups in total. The van der Waals surface area contributed by atoms with Crippen LogP contribution in [0.1, 0.15) is 21.5 Å². The average Bonchev–Trinajstić information content (AvgIpc) is 2.45. The van der Waals surface area contributed by atoms with Crippen molar-refractivity contribution in [2.75, 3.05) is 0 Å². The van der Waals surface area contributed by atoms with Crippen molar-refractivity contribution in [2.24, 2.45) is 0 Å². The summed E-state index contributed by atoms with van der Waals surface area (Å²) in [6.07, 6.45) is 0. The summed E-state index contributed by atoms with van der Waals surface area (Å²) < 4.78 is 18.2. The van der Waals surface area contributed by atoms with Gasteiger partial charge in [-0.3, -0.25) is 0 Å². The van der Waals surface area contributed by atoms with E-state index in [2.05, 4.69) is 0 Å². The number of ether oxygens (including phenoxy) is 1. The van der Waals surface area contributed by atoms with Crippen molar-refractivity contribution in [2.45, 2.75) is 6.61 Å². The molecule has 0 aliphatic heterocycles. The molecule has 0 amide bonds. The van der Waals surface area contributed by atoms with Gasteiger partial charge in [-0.05, 0) is 23.8 Å². The minimum Gasteiger partial charge on any atom is -0.457 e. The molecule has 3 nitrogen and oxygen atoms in total. The molecule has 0 atom stereocenters. The van der Waals surface area contributed by atoms with Crippen LogP contribution in [-0.4, -0.2) is 5.97 Å². The molecular weight excluding hydrogens is 245 g/mol. The largest absolute Gasteiger partial charge is 0.457 e. The maximum absolute atomic E-state index is 13.2. The highest BCUT2D eigenvalue weighted by atomic mass is 19.1. The summed E-state index contributed by atoms with van der Waals surface area (Å²) in [6.45, 7) is 0.109. The smallest absolute Gasteiger partial charge is 0.338 e. The maximum Gasteiger partial charge on any atom is 0.338 e. The first-order chi connectivity index (χ1) is 9.19. The van der Waals surface area contributed by atoms with Crippen LogP contribution in [0.25, 0.3) is 0 Å². The van der Waals surface area contributed by atoms with Gasteiger partial charge >= 0.3 is 5.97 Å². The summed E-state index contributed by atoms with van der Waals surface area (Å²) in [6, 6.07) is 14.4. The molecule has 94 valence electrons. The van der Waals surface area contributed by atoms with E-state index in [1.54, 1.807) is 6.07 Å². The van der Waals surface area contributed by atoms with Crippen LogP contribution in [0.2, 0.25) is 0 Å². The fourth-order valence-electron chi connectivity index (χ4n) is 1.58. The second kappa shape index (κ2) is 5.78. The van der Waals surface area contributed by atoms with E-state index in [0.29, 0.717) is 0 Å². The number of halogens is 1. The summed E-state index contributed by atoms with van der Waals surface area (Å²) in [5.74, 6) is -1.29. The molecule has 0 bridgehead atoms. The zero-order chi connectivity index (χ0) is 13.7. The quantitative estimate of drug-likeness (QED) is 0.792. The SMILES string of the molecule is N#Cc1cc(F)cc(C(=O)OCc2ccccc2)c1. The Kier molecular flexibility index (Phi) is 3.89. The number of hydrogen-bond acceptors (Lipinski definition) is 3.